The molecule has 3 aromatic rings. The maximum absolute atomic E-state index is 11.7. The van der Waals surface area contributed by atoms with Gasteiger partial charge in [-0.3, -0.25) is 0 Å². The van der Waals surface area contributed by atoms with Crippen LogP contribution in [0.3, 0.4) is 0 Å². The quantitative estimate of drug-likeness (QED) is 0.513. The molecule has 0 saturated heterocycles. The van der Waals surface area contributed by atoms with Crippen molar-refractivity contribution in [3.63, 3.8) is 0 Å². The first-order valence-electron chi connectivity index (χ1n) is 8.21. The Balaban J connectivity index is 1.46. The van der Waals surface area contributed by atoms with E-state index in [4.69, 9.17) is 4.74 Å². The summed E-state index contributed by atoms with van der Waals surface area (Å²) in [6, 6.07) is 26.3. The Morgan fingerprint density at radius 3 is 2.23 bits per heavy atom. The maximum atomic E-state index is 11.7. The molecule has 0 aliphatic heterocycles. The second-order valence-corrected chi connectivity index (χ2v) is 5.53. The molecule has 26 heavy (non-hydrogen) atoms. The summed E-state index contributed by atoms with van der Waals surface area (Å²) in [5.74, 6) is 0.779. The van der Waals surface area contributed by atoms with Gasteiger partial charge in [0.1, 0.15) is 12.4 Å². The Kier molecular flexibility index (Phi) is 5.99. The van der Waals surface area contributed by atoms with Crippen molar-refractivity contribution in [3.05, 3.63) is 96.1 Å². The first-order valence-corrected chi connectivity index (χ1v) is 8.21. The second-order valence-electron chi connectivity index (χ2n) is 5.53. The highest BCUT2D eigenvalue weighted by atomic mass is 16.5. The Bertz CT molecular complexity index is 847. The van der Waals surface area contributed by atoms with Gasteiger partial charge in [0.15, 0.2) is 0 Å². The summed E-state index contributed by atoms with van der Waals surface area (Å²) in [5, 5.41) is 6.62. The highest BCUT2D eigenvalue weighted by Crippen LogP contribution is 2.13. The molecule has 0 unspecified atom stereocenters. The topological polar surface area (TPSA) is 62.7 Å². The molecule has 3 rings (SSSR count). The molecule has 0 atom stereocenters. The molecule has 0 heterocycles. The minimum absolute atomic E-state index is 0.393. The fourth-order valence-electron chi connectivity index (χ4n) is 2.24. The highest BCUT2D eigenvalue weighted by Gasteiger charge is 1.99. The van der Waals surface area contributed by atoms with Crippen molar-refractivity contribution in [1.29, 1.82) is 0 Å². The Hall–Kier alpha value is -3.60. The van der Waals surface area contributed by atoms with Crippen LogP contribution in [0.1, 0.15) is 11.1 Å². The van der Waals surface area contributed by atoms with Crippen LogP contribution in [0.25, 0.3) is 0 Å². The number of urea groups is 1. The number of para-hydroxylation sites is 1. The molecule has 0 aliphatic carbocycles. The molecule has 2 N–H and O–H groups in total. The van der Waals surface area contributed by atoms with Crippen molar-refractivity contribution >= 4 is 17.9 Å². The smallest absolute Gasteiger partial charge is 0.339 e. The number of benzene rings is 3. The number of hydrazone groups is 1. The lowest BCUT2D eigenvalue weighted by molar-refractivity contribution is 0.252. The highest BCUT2D eigenvalue weighted by molar-refractivity contribution is 5.90. The Labute approximate surface area is 152 Å². The summed E-state index contributed by atoms with van der Waals surface area (Å²) >= 11 is 0. The van der Waals surface area contributed by atoms with E-state index in [-0.39, 0.29) is 0 Å². The second kappa shape index (κ2) is 9.03. The van der Waals surface area contributed by atoms with Crippen molar-refractivity contribution < 1.29 is 9.53 Å². The number of hydrogen-bond donors (Lipinski definition) is 2. The summed E-state index contributed by atoms with van der Waals surface area (Å²) in [6.07, 6.45) is 1.57. The molecule has 5 nitrogen and oxygen atoms in total. The first kappa shape index (κ1) is 17.2. The summed E-state index contributed by atoms with van der Waals surface area (Å²) in [6.45, 7) is 0.523. The lowest BCUT2D eigenvalue weighted by Crippen LogP contribution is -2.24. The van der Waals surface area contributed by atoms with Crippen LogP contribution < -0.4 is 15.5 Å². The van der Waals surface area contributed by atoms with E-state index in [1.165, 1.54) is 0 Å². The molecule has 5 heteroatoms. The van der Waals surface area contributed by atoms with Crippen LogP contribution in [-0.4, -0.2) is 12.2 Å². The van der Waals surface area contributed by atoms with Gasteiger partial charge in [0.05, 0.1) is 6.21 Å². The predicted octanol–water partition coefficient (Wildman–Crippen LogP) is 4.42. The van der Waals surface area contributed by atoms with E-state index in [9.17, 15) is 4.79 Å². The van der Waals surface area contributed by atoms with E-state index in [0.29, 0.717) is 12.3 Å². The molecule has 0 spiro atoms. The van der Waals surface area contributed by atoms with Gasteiger partial charge >= 0.3 is 6.03 Å². The number of rotatable bonds is 6. The van der Waals surface area contributed by atoms with Gasteiger partial charge in [-0.05, 0) is 47.5 Å². The molecule has 0 saturated carbocycles. The third kappa shape index (κ3) is 5.49. The maximum Gasteiger partial charge on any atom is 0.339 e. The van der Waals surface area contributed by atoms with Gasteiger partial charge in [0.2, 0.25) is 0 Å². The summed E-state index contributed by atoms with van der Waals surface area (Å²) in [5.41, 5.74) is 5.11. The molecular formula is C21H19N3O2. The first-order chi connectivity index (χ1) is 12.8. The average Bonchev–Trinajstić information content (AvgIpc) is 2.69. The number of carbonyl (C=O) groups excluding carboxylic acids is 1. The van der Waals surface area contributed by atoms with E-state index in [0.717, 1.165) is 16.9 Å². The number of nitrogens with zero attached hydrogens (tertiary/aromatic N) is 1. The van der Waals surface area contributed by atoms with Crippen molar-refractivity contribution in [2.24, 2.45) is 5.10 Å². The lowest BCUT2D eigenvalue weighted by atomic mass is 10.2. The van der Waals surface area contributed by atoms with E-state index >= 15 is 0 Å². The van der Waals surface area contributed by atoms with Crippen LogP contribution in [0, 0.1) is 0 Å². The zero-order valence-electron chi connectivity index (χ0n) is 14.1. The zero-order chi connectivity index (χ0) is 18.0. The predicted molar refractivity (Wildman–Crippen MR) is 103 cm³/mol. The Morgan fingerprint density at radius 1 is 0.885 bits per heavy atom. The fourth-order valence-corrected chi connectivity index (χ4v) is 2.24. The van der Waals surface area contributed by atoms with Gasteiger partial charge in [-0.1, -0.05) is 48.5 Å². The number of carbonyl (C=O) groups is 1. The van der Waals surface area contributed by atoms with E-state index in [1.54, 1.807) is 18.3 Å². The van der Waals surface area contributed by atoms with Crippen LogP contribution in [0.15, 0.2) is 90.0 Å². The molecule has 0 aliphatic rings. The monoisotopic (exact) mass is 345 g/mol. The summed E-state index contributed by atoms with van der Waals surface area (Å²) < 4.78 is 5.73. The Morgan fingerprint density at radius 2 is 1.54 bits per heavy atom. The third-order valence-corrected chi connectivity index (χ3v) is 3.54. The molecule has 2 amide bonds. The van der Waals surface area contributed by atoms with E-state index in [2.05, 4.69) is 15.8 Å². The normalized spacial score (nSPS) is 10.5. The van der Waals surface area contributed by atoms with Gasteiger partial charge in [0.25, 0.3) is 0 Å². The molecule has 130 valence electrons. The molecule has 3 aromatic carbocycles. The lowest BCUT2D eigenvalue weighted by Gasteiger charge is -2.06. The van der Waals surface area contributed by atoms with Gasteiger partial charge in [-0.2, -0.15) is 5.10 Å². The van der Waals surface area contributed by atoms with Crippen molar-refractivity contribution in [1.82, 2.24) is 5.43 Å². The fraction of sp³-hybridized carbons (Fsp3) is 0.0476. The molecular weight excluding hydrogens is 326 g/mol. The van der Waals surface area contributed by atoms with Crippen molar-refractivity contribution in [2.45, 2.75) is 6.61 Å². The molecule has 0 radical (unpaired) electrons. The van der Waals surface area contributed by atoms with Gasteiger partial charge < -0.3 is 10.1 Å². The van der Waals surface area contributed by atoms with Crippen LogP contribution in [0.4, 0.5) is 10.5 Å². The minimum Gasteiger partial charge on any atom is -0.489 e. The van der Waals surface area contributed by atoms with Crippen molar-refractivity contribution in [2.75, 3.05) is 5.32 Å². The minimum atomic E-state index is -0.393. The van der Waals surface area contributed by atoms with Crippen LogP contribution in [0.5, 0.6) is 5.75 Å². The standard InChI is InChI=1S/C21H19N3O2/c25-21(23-19-9-5-2-6-10-19)24-22-15-17-11-13-20(14-12-17)26-16-18-7-3-1-4-8-18/h1-15H,16H2,(H2,23,24,25). The molecule has 0 aromatic heterocycles. The van der Waals surface area contributed by atoms with Gasteiger partial charge in [-0.15, -0.1) is 0 Å². The number of amides is 2. The molecule has 0 bridgehead atoms. The van der Waals surface area contributed by atoms with Crippen molar-refractivity contribution in [3.8, 4) is 5.75 Å². The van der Waals surface area contributed by atoms with E-state index in [1.807, 2.05) is 72.8 Å². The number of ether oxygens (including phenoxy) is 1. The van der Waals surface area contributed by atoms with Gasteiger partial charge in [0, 0.05) is 5.69 Å². The molecule has 0 fully saturated rings. The van der Waals surface area contributed by atoms with E-state index < -0.39 is 6.03 Å². The number of hydrogen-bond acceptors (Lipinski definition) is 3. The van der Waals surface area contributed by atoms with Crippen LogP contribution in [-0.2, 0) is 6.61 Å². The number of nitrogens with one attached hydrogen (secondary N) is 2. The van der Waals surface area contributed by atoms with Crippen LogP contribution in [0.2, 0.25) is 0 Å². The SMILES string of the molecule is O=C(NN=Cc1ccc(OCc2ccccc2)cc1)Nc1ccccc1. The van der Waals surface area contributed by atoms with Crippen LogP contribution >= 0.6 is 0 Å². The number of anilines is 1. The van der Waals surface area contributed by atoms with Gasteiger partial charge in [-0.25, -0.2) is 10.2 Å². The third-order valence-electron chi connectivity index (χ3n) is 3.54. The summed E-state index contributed by atoms with van der Waals surface area (Å²) in [7, 11) is 0. The average molecular weight is 345 g/mol. The largest absolute Gasteiger partial charge is 0.489 e. The zero-order valence-corrected chi connectivity index (χ0v) is 14.1. The summed E-state index contributed by atoms with van der Waals surface area (Å²) in [4.78, 5) is 11.7.